The molecule has 0 saturated heterocycles. The molecule has 0 aromatic heterocycles. The van der Waals surface area contributed by atoms with Gasteiger partial charge in [0.1, 0.15) is 8.93 Å². The average Bonchev–Trinajstić information content (AvgIpc) is 2.37. The van der Waals surface area contributed by atoms with Crippen LogP contribution in [-0.2, 0) is 9.05 Å². The number of rotatable bonds is 8. The molecule has 0 aliphatic carbocycles. The van der Waals surface area contributed by atoms with Crippen molar-refractivity contribution in [1.29, 1.82) is 0 Å². The lowest BCUT2D eigenvalue weighted by atomic mass is 10.3. The fourth-order valence-electron chi connectivity index (χ4n) is 1.18. The van der Waals surface area contributed by atoms with Gasteiger partial charge in [-0.2, -0.15) is 9.05 Å². The molecule has 1 unspecified atom stereocenters. The third kappa shape index (κ3) is 5.38. The van der Waals surface area contributed by atoms with Crippen LogP contribution in [0.25, 0.3) is 0 Å². The van der Waals surface area contributed by atoms with Gasteiger partial charge in [-0.1, -0.05) is 37.6 Å². The molecular weight excluding hydrogens is 290 g/mol. The first-order chi connectivity index (χ1) is 8.61. The SMILES string of the molecule is CCCO[P+](P)(OCCC)Oc1ccccc1Cl. The zero-order chi connectivity index (χ0) is 13.4. The highest BCUT2D eigenvalue weighted by Crippen LogP contribution is 2.69. The molecule has 102 valence electrons. The van der Waals surface area contributed by atoms with Gasteiger partial charge in [0.25, 0.3) is 0 Å². The minimum Gasteiger partial charge on any atom is -0.283 e. The number of para-hydroxylation sites is 1. The van der Waals surface area contributed by atoms with E-state index in [1.165, 1.54) is 0 Å². The summed E-state index contributed by atoms with van der Waals surface area (Å²) in [6.45, 7) is 5.30. The van der Waals surface area contributed by atoms with Gasteiger partial charge < -0.3 is 0 Å². The van der Waals surface area contributed by atoms with E-state index >= 15 is 0 Å². The Morgan fingerprint density at radius 2 is 1.67 bits per heavy atom. The maximum absolute atomic E-state index is 6.07. The molecule has 6 heteroatoms. The van der Waals surface area contributed by atoms with E-state index in [1.807, 2.05) is 32.0 Å². The molecular formula is C12H20ClO3P2+. The second-order valence-corrected chi connectivity index (χ2v) is 7.81. The van der Waals surface area contributed by atoms with Gasteiger partial charge in [-0.05, 0) is 25.0 Å². The Bertz CT molecular complexity index is 355. The Morgan fingerprint density at radius 1 is 1.11 bits per heavy atom. The predicted molar refractivity (Wildman–Crippen MR) is 81.2 cm³/mol. The lowest BCUT2D eigenvalue weighted by Gasteiger charge is -2.18. The predicted octanol–water partition coefficient (Wildman–Crippen LogP) is 5.12. The molecule has 0 N–H and O–H groups in total. The minimum atomic E-state index is -2.42. The largest absolute Gasteiger partial charge is 0.466 e. The first kappa shape index (κ1) is 16.1. The Kier molecular flexibility index (Phi) is 7.44. The van der Waals surface area contributed by atoms with Crippen molar-refractivity contribution in [3.63, 3.8) is 0 Å². The van der Waals surface area contributed by atoms with Crippen molar-refractivity contribution >= 4 is 28.2 Å². The van der Waals surface area contributed by atoms with Crippen LogP contribution in [0.2, 0.25) is 5.02 Å². The molecule has 0 heterocycles. The quantitative estimate of drug-likeness (QED) is 0.623. The van der Waals surface area contributed by atoms with Crippen LogP contribution in [0.4, 0.5) is 0 Å². The molecule has 1 aromatic carbocycles. The molecule has 0 aliphatic rings. The Balaban J connectivity index is 2.73. The molecule has 1 aromatic rings. The van der Waals surface area contributed by atoms with E-state index in [0.29, 0.717) is 24.0 Å². The van der Waals surface area contributed by atoms with E-state index < -0.39 is 7.63 Å². The summed E-state index contributed by atoms with van der Waals surface area (Å²) in [5.41, 5.74) is 0. The monoisotopic (exact) mass is 309 g/mol. The molecule has 0 radical (unpaired) electrons. The van der Waals surface area contributed by atoms with Gasteiger partial charge in [0.2, 0.25) is 0 Å². The van der Waals surface area contributed by atoms with Gasteiger partial charge in [-0.25, -0.2) is 0 Å². The van der Waals surface area contributed by atoms with Crippen LogP contribution in [-0.4, -0.2) is 13.2 Å². The zero-order valence-corrected chi connectivity index (χ0v) is 13.6. The van der Waals surface area contributed by atoms with Gasteiger partial charge in [0.15, 0.2) is 5.75 Å². The van der Waals surface area contributed by atoms with Crippen LogP contribution in [0.5, 0.6) is 5.75 Å². The van der Waals surface area contributed by atoms with Gasteiger partial charge in [-0.15, -0.1) is 0 Å². The summed E-state index contributed by atoms with van der Waals surface area (Å²) in [6, 6.07) is 7.32. The average molecular weight is 310 g/mol. The standard InChI is InChI=1S/C12H20ClO3P2/c1-3-9-14-18(17,15-10-4-2)16-12-8-6-5-7-11(12)13/h5-8H,3-4,9-10,17H2,1-2H3/q+1. The van der Waals surface area contributed by atoms with E-state index in [2.05, 4.69) is 8.93 Å². The summed E-state index contributed by atoms with van der Waals surface area (Å²) in [5.74, 6) is 0.592. The zero-order valence-electron chi connectivity index (χ0n) is 10.8. The summed E-state index contributed by atoms with van der Waals surface area (Å²) >= 11 is 6.07. The number of benzene rings is 1. The van der Waals surface area contributed by atoms with Crippen LogP contribution in [0, 0.1) is 0 Å². The van der Waals surface area contributed by atoms with Crippen molar-refractivity contribution in [3.8, 4) is 5.75 Å². The summed E-state index contributed by atoms with van der Waals surface area (Å²) in [4.78, 5) is 0. The van der Waals surface area contributed by atoms with E-state index in [0.717, 1.165) is 12.8 Å². The molecule has 0 amide bonds. The minimum absolute atomic E-state index is 0.560. The molecule has 0 spiro atoms. The smallest absolute Gasteiger partial charge is 0.283 e. The van der Waals surface area contributed by atoms with Crippen molar-refractivity contribution in [2.45, 2.75) is 26.7 Å². The Labute approximate surface area is 117 Å². The van der Waals surface area contributed by atoms with Gasteiger partial charge >= 0.3 is 7.63 Å². The van der Waals surface area contributed by atoms with Gasteiger partial charge in [0.05, 0.1) is 18.2 Å². The summed E-state index contributed by atoms with van der Waals surface area (Å²) in [5, 5.41) is 0.560. The topological polar surface area (TPSA) is 27.7 Å². The van der Waals surface area contributed by atoms with Crippen LogP contribution in [0.1, 0.15) is 26.7 Å². The number of halogens is 1. The number of hydrogen-bond acceptors (Lipinski definition) is 3. The molecule has 0 fully saturated rings. The van der Waals surface area contributed by atoms with Crippen molar-refractivity contribution in [1.82, 2.24) is 0 Å². The highest BCUT2D eigenvalue weighted by molar-refractivity contribution is 8.16. The number of hydrogen-bond donors (Lipinski definition) is 0. The fourth-order valence-corrected chi connectivity index (χ4v) is 3.87. The highest BCUT2D eigenvalue weighted by atomic mass is 35.5. The normalized spacial score (nSPS) is 11.6. The maximum atomic E-state index is 6.07. The molecule has 1 atom stereocenters. The highest BCUT2D eigenvalue weighted by Gasteiger charge is 2.41. The van der Waals surface area contributed by atoms with Crippen molar-refractivity contribution < 1.29 is 13.6 Å². The molecule has 0 aliphatic heterocycles. The van der Waals surface area contributed by atoms with Crippen molar-refractivity contribution in [2.24, 2.45) is 0 Å². The van der Waals surface area contributed by atoms with E-state index in [1.54, 1.807) is 6.07 Å². The van der Waals surface area contributed by atoms with Crippen LogP contribution >= 0.6 is 28.2 Å². The lowest BCUT2D eigenvalue weighted by Crippen LogP contribution is -2.06. The van der Waals surface area contributed by atoms with Crippen LogP contribution in [0.3, 0.4) is 0 Å². The summed E-state index contributed by atoms with van der Waals surface area (Å²) in [6.07, 6.45) is 1.83. The first-order valence-electron chi connectivity index (χ1n) is 6.02. The Hall–Kier alpha value is 0.0900. The summed E-state index contributed by atoms with van der Waals surface area (Å²) < 4.78 is 17.3. The lowest BCUT2D eigenvalue weighted by molar-refractivity contribution is 0.198. The molecule has 3 nitrogen and oxygen atoms in total. The van der Waals surface area contributed by atoms with E-state index in [4.69, 9.17) is 25.2 Å². The molecule has 18 heavy (non-hydrogen) atoms. The van der Waals surface area contributed by atoms with Crippen molar-refractivity contribution in [3.05, 3.63) is 29.3 Å². The van der Waals surface area contributed by atoms with Gasteiger partial charge in [-0.3, -0.25) is 4.52 Å². The molecule has 0 saturated carbocycles. The third-order valence-electron chi connectivity index (χ3n) is 2.01. The third-order valence-corrected chi connectivity index (χ3v) is 5.07. The maximum Gasteiger partial charge on any atom is 0.466 e. The van der Waals surface area contributed by atoms with E-state index in [9.17, 15) is 0 Å². The fraction of sp³-hybridized carbons (Fsp3) is 0.500. The summed E-state index contributed by atoms with van der Waals surface area (Å²) in [7, 11) is 0.154. The molecule has 1 rings (SSSR count). The first-order valence-corrected chi connectivity index (χ1v) is 9.56. The molecule has 0 bridgehead atoms. The van der Waals surface area contributed by atoms with E-state index in [-0.39, 0.29) is 0 Å². The second-order valence-electron chi connectivity index (χ2n) is 3.73. The van der Waals surface area contributed by atoms with Gasteiger partial charge in [0, 0.05) is 0 Å². The van der Waals surface area contributed by atoms with Crippen LogP contribution < -0.4 is 4.52 Å². The van der Waals surface area contributed by atoms with Crippen molar-refractivity contribution in [2.75, 3.05) is 13.2 Å². The Morgan fingerprint density at radius 3 is 2.17 bits per heavy atom. The second kappa shape index (κ2) is 8.30. The van der Waals surface area contributed by atoms with Crippen LogP contribution in [0.15, 0.2) is 24.3 Å².